The number of hydrogen-bond acceptors (Lipinski definition) is 10. The Morgan fingerprint density at radius 2 is 1.23 bits per heavy atom. The van der Waals surface area contributed by atoms with Gasteiger partial charge in [0.2, 0.25) is 35.4 Å². The summed E-state index contributed by atoms with van der Waals surface area (Å²) in [7, 11) is 3.30. The standard InChI is InChI=1S/C57H80N8O8.2ClH/c1-34(38-20-13-12-14-21-38)60-52(70)44(62-54(72)48(56(4,5)6)63-50(68)35(2)58-10)28-19-29-46(66)40-24-17-25-41(32-40)47(67)31-37-30-45(53(71)61-43-27-18-23-39-22-15-16-26-42(39)43)65(33-37)55(73)49(57(7,8)9)64-51(69)36(3)59-11;;/h12-17,20-22,24-26,32,34-37,43-45,48-49,58-59H,18-19,23,27-31,33H2,1-11H3,(H,60,70)(H,61,71)(H,62,72)(H,63,68)(H,64,69);2*1H/t34-,35+,36+,37-,43-,44+,45+,48-,49-;;/m1../s1. The van der Waals surface area contributed by atoms with E-state index in [0.29, 0.717) is 11.1 Å². The lowest BCUT2D eigenvalue weighted by molar-refractivity contribution is -0.144. The molecule has 2 aliphatic rings. The number of nitrogens with zero attached hydrogens (tertiary/aromatic N) is 1. The van der Waals surface area contributed by atoms with Crippen molar-refractivity contribution in [3.8, 4) is 0 Å². The van der Waals surface area contributed by atoms with E-state index in [1.807, 2.05) is 97.0 Å². The molecule has 0 aromatic heterocycles. The van der Waals surface area contributed by atoms with E-state index in [9.17, 15) is 38.4 Å². The molecule has 9 atom stereocenters. The maximum Gasteiger partial charge on any atom is 0.246 e. The van der Waals surface area contributed by atoms with Gasteiger partial charge in [-0.15, -0.1) is 24.8 Å². The highest BCUT2D eigenvalue weighted by atomic mass is 35.5. The molecule has 5 rings (SSSR count). The van der Waals surface area contributed by atoms with Crippen molar-refractivity contribution in [1.82, 2.24) is 42.1 Å². The zero-order valence-corrected chi connectivity index (χ0v) is 47.2. The predicted octanol–water partition coefficient (Wildman–Crippen LogP) is 6.51. The Balaban J connectivity index is 0.00000741. The number of rotatable bonds is 22. The number of halogens is 2. The minimum Gasteiger partial charge on any atom is -0.348 e. The maximum absolute atomic E-state index is 14.7. The van der Waals surface area contributed by atoms with Gasteiger partial charge in [-0.2, -0.15) is 0 Å². The van der Waals surface area contributed by atoms with Crippen molar-refractivity contribution in [2.24, 2.45) is 16.7 Å². The van der Waals surface area contributed by atoms with Crippen LogP contribution in [0, 0.1) is 16.7 Å². The van der Waals surface area contributed by atoms with Gasteiger partial charge in [-0.05, 0) is 113 Å². The highest BCUT2D eigenvalue weighted by molar-refractivity contribution is 6.02. The van der Waals surface area contributed by atoms with Crippen LogP contribution in [0.15, 0.2) is 78.9 Å². The molecular formula is C57H82Cl2N8O8. The van der Waals surface area contributed by atoms with Gasteiger partial charge in [-0.25, -0.2) is 0 Å². The molecule has 1 heterocycles. The molecule has 7 N–H and O–H groups in total. The maximum atomic E-state index is 14.7. The monoisotopic (exact) mass is 1080 g/mol. The third kappa shape index (κ3) is 17.4. The normalized spacial score (nSPS) is 18.7. The molecule has 412 valence electrons. The molecular weight excluding hydrogens is 996 g/mol. The smallest absolute Gasteiger partial charge is 0.246 e. The first-order valence-corrected chi connectivity index (χ1v) is 25.9. The number of nitrogens with one attached hydrogen (secondary N) is 7. The number of benzene rings is 3. The lowest BCUT2D eigenvalue weighted by Crippen LogP contribution is -2.59. The van der Waals surface area contributed by atoms with Crippen molar-refractivity contribution < 1.29 is 38.4 Å². The Morgan fingerprint density at radius 3 is 1.83 bits per heavy atom. The van der Waals surface area contributed by atoms with Crippen molar-refractivity contribution in [3.63, 3.8) is 0 Å². The van der Waals surface area contributed by atoms with Crippen LogP contribution < -0.4 is 37.2 Å². The van der Waals surface area contributed by atoms with Crippen molar-refractivity contribution in [1.29, 1.82) is 0 Å². The summed E-state index contributed by atoms with van der Waals surface area (Å²) in [5, 5.41) is 20.7. The van der Waals surface area contributed by atoms with E-state index in [2.05, 4.69) is 43.3 Å². The summed E-state index contributed by atoms with van der Waals surface area (Å²) in [4.78, 5) is 113. The second kappa shape index (κ2) is 28.5. The predicted molar refractivity (Wildman–Crippen MR) is 297 cm³/mol. The number of ketones is 2. The van der Waals surface area contributed by atoms with E-state index in [1.165, 1.54) is 10.5 Å². The Bertz CT molecular complexity index is 2460. The number of amides is 6. The summed E-state index contributed by atoms with van der Waals surface area (Å²) in [6.45, 7) is 16.4. The third-order valence-electron chi connectivity index (χ3n) is 14.3. The van der Waals surface area contributed by atoms with Gasteiger partial charge in [-0.1, -0.05) is 114 Å². The molecule has 16 nitrogen and oxygen atoms in total. The second-order valence-electron chi connectivity index (χ2n) is 22.1. The van der Waals surface area contributed by atoms with Crippen molar-refractivity contribution in [2.75, 3.05) is 20.6 Å². The Hall–Kier alpha value is -5.68. The summed E-state index contributed by atoms with van der Waals surface area (Å²) in [5.41, 5.74) is 2.27. The fraction of sp³-hybridized carbons (Fsp3) is 0.544. The average molecular weight is 1080 g/mol. The van der Waals surface area contributed by atoms with Gasteiger partial charge in [0.05, 0.1) is 24.2 Å². The molecule has 3 aromatic rings. The quantitative estimate of drug-likeness (QED) is 0.0541. The first-order valence-electron chi connectivity index (χ1n) is 25.9. The third-order valence-corrected chi connectivity index (χ3v) is 14.3. The number of aryl methyl sites for hydroxylation is 1. The fourth-order valence-corrected chi connectivity index (χ4v) is 9.54. The zero-order valence-electron chi connectivity index (χ0n) is 45.6. The first kappa shape index (κ1) is 63.6. The van der Waals surface area contributed by atoms with Crippen LogP contribution in [0.3, 0.4) is 0 Å². The lowest BCUT2D eigenvalue weighted by atomic mass is 9.85. The SMILES string of the molecule is CN[C@@H](C)C(=O)N[C@H](C(=O)N[C@@H](CCCC(=O)c1cccc(C(=O)C[C@H]2C[C@@H](C(=O)N[C@@H]3CCCc4ccccc43)N(C(=O)[C@@H](NC(=O)[C@H](C)NC)C(C)(C)C)C2)c1)C(=O)N[C@H](C)c1ccccc1)C(C)(C)C.Cl.Cl. The molecule has 3 aromatic carbocycles. The Morgan fingerprint density at radius 1 is 0.653 bits per heavy atom. The molecule has 1 aliphatic carbocycles. The van der Waals surface area contributed by atoms with E-state index in [1.54, 1.807) is 52.2 Å². The van der Waals surface area contributed by atoms with E-state index in [4.69, 9.17) is 0 Å². The number of carbonyl (C=O) groups excluding carboxylic acids is 8. The van der Waals surface area contributed by atoms with E-state index in [0.717, 1.165) is 30.4 Å². The summed E-state index contributed by atoms with van der Waals surface area (Å²) in [6.07, 6.45) is 3.11. The van der Waals surface area contributed by atoms with Crippen LogP contribution in [0.1, 0.15) is 157 Å². The molecule has 0 spiro atoms. The van der Waals surface area contributed by atoms with Gasteiger partial charge in [0, 0.05) is 30.5 Å². The topological polar surface area (TPSA) is 224 Å². The van der Waals surface area contributed by atoms with E-state index >= 15 is 0 Å². The van der Waals surface area contributed by atoms with E-state index < -0.39 is 70.7 Å². The largest absolute Gasteiger partial charge is 0.348 e. The molecule has 0 unspecified atom stereocenters. The number of likely N-dealkylation sites (N-methyl/N-ethyl adjacent to an activating group) is 2. The number of fused-ring (bicyclic) bond motifs is 1. The summed E-state index contributed by atoms with van der Waals surface area (Å²) in [6, 6.07) is 18.3. The zero-order chi connectivity index (χ0) is 53.8. The Kier molecular flexibility index (Phi) is 24.1. The van der Waals surface area contributed by atoms with Gasteiger partial charge >= 0.3 is 0 Å². The minimum atomic E-state index is -1.04. The molecule has 0 bridgehead atoms. The van der Waals surface area contributed by atoms with Gasteiger partial charge in [0.1, 0.15) is 24.2 Å². The van der Waals surface area contributed by atoms with Crippen LogP contribution in [0.2, 0.25) is 0 Å². The molecule has 0 saturated carbocycles. The van der Waals surface area contributed by atoms with Crippen LogP contribution >= 0.6 is 24.8 Å². The Labute approximate surface area is 456 Å². The molecule has 1 aliphatic heterocycles. The average Bonchev–Trinajstić information content (AvgIpc) is 3.79. The number of Topliss-reactive ketones (excluding diaryl/α,β-unsaturated/α-hetero) is 2. The molecule has 0 radical (unpaired) electrons. The van der Waals surface area contributed by atoms with Crippen molar-refractivity contribution in [2.45, 2.75) is 162 Å². The van der Waals surface area contributed by atoms with Crippen LogP contribution in [-0.2, 0) is 35.2 Å². The van der Waals surface area contributed by atoms with Crippen molar-refractivity contribution >= 4 is 71.8 Å². The van der Waals surface area contributed by atoms with Crippen LogP contribution in [0.5, 0.6) is 0 Å². The highest BCUT2D eigenvalue weighted by Crippen LogP contribution is 2.34. The lowest BCUT2D eigenvalue weighted by Gasteiger charge is -2.36. The molecule has 18 heteroatoms. The second-order valence-corrected chi connectivity index (χ2v) is 22.1. The summed E-state index contributed by atoms with van der Waals surface area (Å²) >= 11 is 0. The van der Waals surface area contributed by atoms with Gasteiger partial charge in [-0.3, -0.25) is 38.4 Å². The van der Waals surface area contributed by atoms with Crippen LogP contribution in [-0.4, -0.2) is 109 Å². The van der Waals surface area contributed by atoms with E-state index in [-0.39, 0.29) is 105 Å². The summed E-state index contributed by atoms with van der Waals surface area (Å²) in [5.74, 6) is -3.35. The molecule has 1 fully saturated rings. The van der Waals surface area contributed by atoms with Crippen LogP contribution in [0.4, 0.5) is 0 Å². The first-order chi connectivity index (χ1) is 34.4. The number of carbonyl (C=O) groups is 8. The van der Waals surface area contributed by atoms with Gasteiger partial charge < -0.3 is 42.1 Å². The summed E-state index contributed by atoms with van der Waals surface area (Å²) < 4.78 is 0. The molecule has 1 saturated heterocycles. The number of hydrogen-bond donors (Lipinski definition) is 7. The molecule has 6 amide bonds. The minimum absolute atomic E-state index is 0. The number of likely N-dealkylation sites (tertiary alicyclic amines) is 1. The molecule has 75 heavy (non-hydrogen) atoms. The van der Waals surface area contributed by atoms with Gasteiger partial charge in [0.25, 0.3) is 0 Å². The van der Waals surface area contributed by atoms with Crippen molar-refractivity contribution in [3.05, 3.63) is 107 Å². The van der Waals surface area contributed by atoms with Crippen LogP contribution in [0.25, 0.3) is 0 Å². The highest BCUT2D eigenvalue weighted by Gasteiger charge is 2.46. The van der Waals surface area contributed by atoms with Gasteiger partial charge in [0.15, 0.2) is 11.6 Å². The fourth-order valence-electron chi connectivity index (χ4n) is 9.54.